The largest absolute Gasteiger partial charge is 0.480 e. The highest BCUT2D eigenvalue weighted by Crippen LogP contribution is 2.28. The quantitative estimate of drug-likeness (QED) is 0.892. The molecule has 108 valence electrons. The second-order valence-corrected chi connectivity index (χ2v) is 6.71. The molecule has 0 spiro atoms. The zero-order chi connectivity index (χ0) is 14.8. The molecule has 2 N–H and O–H groups in total. The molecular weight excluding hydrogens is 321 g/mol. The minimum absolute atomic E-state index is 0.265. The highest BCUT2D eigenvalue weighted by Gasteiger charge is 2.41. The van der Waals surface area contributed by atoms with Crippen molar-refractivity contribution in [3.8, 4) is 0 Å². The Hall–Kier alpha value is -0.910. The van der Waals surface area contributed by atoms with Crippen molar-refractivity contribution < 1.29 is 14.7 Å². The van der Waals surface area contributed by atoms with Crippen molar-refractivity contribution in [3.63, 3.8) is 0 Å². The maximum absolute atomic E-state index is 12.2. The second-order valence-electron chi connectivity index (χ2n) is 4.61. The first-order valence-electron chi connectivity index (χ1n) is 6.03. The molecule has 0 bridgehead atoms. The molecule has 7 heteroatoms. The summed E-state index contributed by atoms with van der Waals surface area (Å²) >= 11 is 13.4. The third-order valence-corrected chi connectivity index (χ3v) is 4.66. The molecular formula is C13H13Cl2NO3S. The first kappa shape index (κ1) is 15.5. The van der Waals surface area contributed by atoms with Gasteiger partial charge in [-0.05, 0) is 42.5 Å². The van der Waals surface area contributed by atoms with Crippen molar-refractivity contribution in [2.24, 2.45) is 0 Å². The topological polar surface area (TPSA) is 66.4 Å². The van der Waals surface area contributed by atoms with E-state index in [1.54, 1.807) is 11.8 Å². The van der Waals surface area contributed by atoms with Gasteiger partial charge in [0.25, 0.3) is 5.91 Å². The van der Waals surface area contributed by atoms with Crippen molar-refractivity contribution >= 4 is 46.8 Å². The molecule has 1 heterocycles. The molecule has 0 radical (unpaired) electrons. The fourth-order valence-corrected chi connectivity index (χ4v) is 3.80. The second kappa shape index (κ2) is 6.24. The van der Waals surface area contributed by atoms with Crippen LogP contribution in [0.15, 0.2) is 18.2 Å². The standard InChI is InChI=1S/C13H13Cl2NO3S/c14-9-5-8(6-10(15)7-9)11(17)16-13(12(18)19)1-3-20-4-2-13/h5-7H,1-4H2,(H,16,17)(H,18,19). The Morgan fingerprint density at radius 1 is 1.15 bits per heavy atom. The van der Waals surface area contributed by atoms with Gasteiger partial charge in [-0.25, -0.2) is 4.79 Å². The molecule has 0 unspecified atom stereocenters. The Morgan fingerprint density at radius 3 is 2.20 bits per heavy atom. The average molecular weight is 334 g/mol. The summed E-state index contributed by atoms with van der Waals surface area (Å²) in [4.78, 5) is 23.7. The fraction of sp³-hybridized carbons (Fsp3) is 0.385. The molecule has 1 aliphatic heterocycles. The fourth-order valence-electron chi connectivity index (χ4n) is 2.09. The first-order valence-corrected chi connectivity index (χ1v) is 7.94. The molecule has 2 rings (SSSR count). The number of carboxylic acid groups (broad SMARTS) is 1. The van der Waals surface area contributed by atoms with Crippen LogP contribution in [0.5, 0.6) is 0 Å². The number of carbonyl (C=O) groups excluding carboxylic acids is 1. The monoisotopic (exact) mass is 333 g/mol. The number of nitrogens with one attached hydrogen (secondary N) is 1. The van der Waals surface area contributed by atoms with Gasteiger partial charge in [0.1, 0.15) is 5.54 Å². The van der Waals surface area contributed by atoms with Gasteiger partial charge in [-0.1, -0.05) is 23.2 Å². The van der Waals surface area contributed by atoms with Crippen LogP contribution in [0.25, 0.3) is 0 Å². The predicted molar refractivity (Wildman–Crippen MR) is 80.9 cm³/mol. The molecule has 1 aromatic rings. The van der Waals surface area contributed by atoms with Crippen molar-refractivity contribution in [3.05, 3.63) is 33.8 Å². The Morgan fingerprint density at radius 2 is 1.70 bits per heavy atom. The Bertz CT molecular complexity index is 524. The summed E-state index contributed by atoms with van der Waals surface area (Å²) in [6, 6.07) is 4.45. The van der Waals surface area contributed by atoms with Gasteiger partial charge in [-0.15, -0.1) is 0 Å². The summed E-state index contributed by atoms with van der Waals surface area (Å²) in [5.41, 5.74) is -0.932. The van der Waals surface area contributed by atoms with Gasteiger partial charge < -0.3 is 10.4 Å². The first-order chi connectivity index (χ1) is 9.43. The van der Waals surface area contributed by atoms with E-state index >= 15 is 0 Å². The molecule has 1 aliphatic rings. The lowest BCUT2D eigenvalue weighted by atomic mass is 9.92. The number of hydrogen-bond donors (Lipinski definition) is 2. The molecule has 1 aromatic carbocycles. The van der Waals surface area contributed by atoms with Crippen LogP contribution in [-0.4, -0.2) is 34.0 Å². The van der Waals surface area contributed by atoms with Crippen LogP contribution in [0, 0.1) is 0 Å². The van der Waals surface area contributed by atoms with Gasteiger partial charge in [0.05, 0.1) is 0 Å². The van der Waals surface area contributed by atoms with Crippen molar-refractivity contribution in [1.29, 1.82) is 0 Å². The Kier molecular flexibility index (Phi) is 4.83. The van der Waals surface area contributed by atoms with E-state index in [1.807, 2.05) is 0 Å². The maximum atomic E-state index is 12.2. The van der Waals surface area contributed by atoms with Gasteiger partial charge in [0.2, 0.25) is 0 Å². The number of carboxylic acids is 1. The van der Waals surface area contributed by atoms with E-state index in [9.17, 15) is 14.7 Å². The van der Waals surface area contributed by atoms with Crippen LogP contribution in [0.3, 0.4) is 0 Å². The van der Waals surface area contributed by atoms with Crippen LogP contribution in [-0.2, 0) is 4.79 Å². The van der Waals surface area contributed by atoms with Crippen molar-refractivity contribution in [2.75, 3.05) is 11.5 Å². The number of carbonyl (C=O) groups is 2. The van der Waals surface area contributed by atoms with E-state index in [4.69, 9.17) is 23.2 Å². The molecule has 4 nitrogen and oxygen atoms in total. The van der Waals surface area contributed by atoms with Crippen molar-refractivity contribution in [1.82, 2.24) is 5.32 Å². The van der Waals surface area contributed by atoms with E-state index in [0.29, 0.717) is 34.4 Å². The van der Waals surface area contributed by atoms with Gasteiger partial charge in [-0.2, -0.15) is 11.8 Å². The lowest BCUT2D eigenvalue weighted by Gasteiger charge is -2.33. The third kappa shape index (κ3) is 3.40. The highest BCUT2D eigenvalue weighted by atomic mass is 35.5. The highest BCUT2D eigenvalue weighted by molar-refractivity contribution is 7.99. The van der Waals surface area contributed by atoms with Gasteiger partial charge in [0.15, 0.2) is 0 Å². The average Bonchev–Trinajstić information content (AvgIpc) is 2.38. The smallest absolute Gasteiger partial charge is 0.329 e. The minimum atomic E-state index is -1.20. The summed E-state index contributed by atoms with van der Waals surface area (Å²) in [7, 11) is 0. The molecule has 0 aliphatic carbocycles. The molecule has 0 saturated carbocycles. The number of aliphatic carboxylic acids is 1. The summed E-state index contributed by atoms with van der Waals surface area (Å²) < 4.78 is 0. The molecule has 20 heavy (non-hydrogen) atoms. The van der Waals surface area contributed by atoms with Gasteiger partial charge >= 0.3 is 5.97 Å². The maximum Gasteiger partial charge on any atom is 0.329 e. The number of hydrogen-bond acceptors (Lipinski definition) is 3. The summed E-state index contributed by atoms with van der Waals surface area (Å²) in [6.07, 6.45) is 0.820. The summed E-state index contributed by atoms with van der Waals surface area (Å²) in [6.45, 7) is 0. The SMILES string of the molecule is O=C(NC1(C(=O)O)CCSCC1)c1cc(Cl)cc(Cl)c1. The third-order valence-electron chi connectivity index (χ3n) is 3.23. The van der Waals surface area contributed by atoms with E-state index in [2.05, 4.69) is 5.32 Å². The van der Waals surface area contributed by atoms with Crippen LogP contribution in [0.4, 0.5) is 0 Å². The van der Waals surface area contributed by atoms with E-state index in [-0.39, 0.29) is 5.56 Å². The van der Waals surface area contributed by atoms with Crippen LogP contribution in [0.1, 0.15) is 23.2 Å². The minimum Gasteiger partial charge on any atom is -0.480 e. The van der Waals surface area contributed by atoms with Crippen LogP contribution >= 0.6 is 35.0 Å². The summed E-state index contributed by atoms with van der Waals surface area (Å²) in [5, 5.41) is 12.7. The number of halogens is 2. The normalized spacial score (nSPS) is 17.5. The lowest BCUT2D eigenvalue weighted by molar-refractivity contribution is -0.144. The molecule has 1 fully saturated rings. The predicted octanol–water partition coefficient (Wildman–Crippen LogP) is 3.07. The molecule has 0 aromatic heterocycles. The number of rotatable bonds is 3. The Balaban J connectivity index is 2.22. The Labute approximate surface area is 130 Å². The van der Waals surface area contributed by atoms with E-state index in [0.717, 1.165) is 0 Å². The van der Waals surface area contributed by atoms with Crippen LogP contribution in [0.2, 0.25) is 10.0 Å². The van der Waals surface area contributed by atoms with E-state index < -0.39 is 17.4 Å². The van der Waals surface area contributed by atoms with Crippen LogP contribution < -0.4 is 5.32 Å². The zero-order valence-corrected chi connectivity index (χ0v) is 12.8. The molecule has 1 saturated heterocycles. The van der Waals surface area contributed by atoms with Gasteiger partial charge in [0, 0.05) is 15.6 Å². The van der Waals surface area contributed by atoms with E-state index in [1.165, 1.54) is 18.2 Å². The zero-order valence-electron chi connectivity index (χ0n) is 10.5. The number of benzene rings is 1. The number of thioether (sulfide) groups is 1. The number of amides is 1. The molecule has 1 amide bonds. The summed E-state index contributed by atoms with van der Waals surface area (Å²) in [5.74, 6) is -0.0471. The van der Waals surface area contributed by atoms with Crippen molar-refractivity contribution in [2.45, 2.75) is 18.4 Å². The molecule has 0 atom stereocenters. The lowest BCUT2D eigenvalue weighted by Crippen LogP contribution is -2.56. The van der Waals surface area contributed by atoms with Gasteiger partial charge in [-0.3, -0.25) is 4.79 Å².